The molecule has 0 saturated carbocycles. The van der Waals surface area contributed by atoms with Crippen LogP contribution in [0.25, 0.3) is 0 Å². The number of hydrogen-bond acceptors (Lipinski definition) is 4. The first-order chi connectivity index (χ1) is 11.5. The van der Waals surface area contributed by atoms with E-state index in [-0.39, 0.29) is 44.8 Å². The Labute approximate surface area is 159 Å². The van der Waals surface area contributed by atoms with E-state index in [1.54, 1.807) is 6.07 Å². The molecule has 3 rings (SSSR count). The number of hydrogen-bond donors (Lipinski definition) is 1. The average molecular weight is 341 g/mol. The monoisotopic (exact) mass is 341 g/mol. The fourth-order valence-corrected chi connectivity index (χ4v) is 3.07. The van der Waals surface area contributed by atoms with Gasteiger partial charge in [-0.15, -0.1) is 0 Å². The van der Waals surface area contributed by atoms with Crippen molar-refractivity contribution in [3.63, 3.8) is 0 Å². The summed E-state index contributed by atoms with van der Waals surface area (Å²) in [5.41, 5.74) is 3.16. The van der Waals surface area contributed by atoms with E-state index in [2.05, 4.69) is 10.00 Å². The number of methoxy groups -OCH3 is 1. The molecule has 1 aromatic carbocycles. The third-order valence-electron chi connectivity index (χ3n) is 4.35. The van der Waals surface area contributed by atoms with E-state index in [0.29, 0.717) is 11.3 Å². The topological polar surface area (TPSA) is 67.6 Å². The van der Waals surface area contributed by atoms with Crippen LogP contribution >= 0.6 is 0 Å². The predicted molar refractivity (Wildman–Crippen MR) is 86.6 cm³/mol. The molecule has 8 heteroatoms. The molecule has 0 spiro atoms. The fraction of sp³-hybridized carbons (Fsp3) is 0.412. The molecule has 2 heterocycles. The van der Waals surface area contributed by atoms with E-state index in [1.165, 1.54) is 18.0 Å². The van der Waals surface area contributed by atoms with Gasteiger partial charge >= 0.3 is 24.8 Å². The Hall–Kier alpha value is -1.65. The molecule has 1 aliphatic heterocycles. The van der Waals surface area contributed by atoms with Crippen molar-refractivity contribution in [2.75, 3.05) is 20.7 Å². The van der Waals surface area contributed by atoms with Gasteiger partial charge in [-0.3, -0.25) is 4.68 Å². The van der Waals surface area contributed by atoms with Gasteiger partial charge in [0.05, 0.1) is 25.0 Å². The first-order valence-corrected chi connectivity index (χ1v) is 7.75. The molecule has 0 aliphatic carbocycles. The number of likely N-dealkylation sites (N-methyl/N-ethyl adjacent to an activating group) is 1. The van der Waals surface area contributed by atoms with Gasteiger partial charge in [-0.2, -0.15) is 5.10 Å². The van der Waals surface area contributed by atoms with Gasteiger partial charge in [0, 0.05) is 25.8 Å². The minimum Gasteiger partial charge on any atom is -1.00 e. The first kappa shape index (κ1) is 19.7. The number of carbonyl (C=O) groups is 1. The third-order valence-corrected chi connectivity index (χ3v) is 4.35. The largest absolute Gasteiger partial charge is 1.00 e. The zero-order valence-corrected chi connectivity index (χ0v) is 14.8. The van der Waals surface area contributed by atoms with E-state index in [1.807, 2.05) is 13.1 Å². The summed E-state index contributed by atoms with van der Waals surface area (Å²) in [6, 6.07) is 3.45. The SMILES string of the molecule is COCc1c(C(=O)O)cnn1Cc1cc2c(cc1F)CCN(C)C2.[H-].[Li+]. The molecule has 0 saturated heterocycles. The van der Waals surface area contributed by atoms with E-state index in [4.69, 9.17) is 4.74 Å². The van der Waals surface area contributed by atoms with Gasteiger partial charge in [0.15, 0.2) is 0 Å². The number of aromatic nitrogens is 2. The van der Waals surface area contributed by atoms with Gasteiger partial charge in [-0.25, -0.2) is 9.18 Å². The number of carboxylic acids is 1. The van der Waals surface area contributed by atoms with Crippen LogP contribution in [-0.2, 0) is 30.9 Å². The Morgan fingerprint density at radius 1 is 1.44 bits per heavy atom. The van der Waals surface area contributed by atoms with Crippen molar-refractivity contribution in [1.29, 1.82) is 0 Å². The molecule has 25 heavy (non-hydrogen) atoms. The van der Waals surface area contributed by atoms with Crippen molar-refractivity contribution in [2.45, 2.75) is 26.1 Å². The number of carboxylic acid groups (broad SMARTS) is 1. The number of ether oxygens (including phenoxy) is 1. The van der Waals surface area contributed by atoms with Crippen molar-refractivity contribution in [1.82, 2.24) is 14.7 Å². The standard InChI is InChI=1S/C17H20FN3O3.Li.H/c1-20-4-3-11-6-15(18)13(5-12(11)8-20)9-21-16(10-24-2)14(7-19-21)17(22)23;;/h5-7H,3-4,8-10H2,1-2H3,(H,22,23);;/q;+1;-1. The number of fused-ring (bicyclic) bond motifs is 1. The molecule has 0 unspecified atom stereocenters. The van der Waals surface area contributed by atoms with Crippen LogP contribution in [0, 0.1) is 5.82 Å². The molecule has 6 nitrogen and oxygen atoms in total. The van der Waals surface area contributed by atoms with E-state index in [0.717, 1.165) is 30.6 Å². The summed E-state index contributed by atoms with van der Waals surface area (Å²) in [5.74, 6) is -1.35. The molecule has 1 aliphatic rings. The van der Waals surface area contributed by atoms with Crippen LogP contribution in [0.15, 0.2) is 18.3 Å². The van der Waals surface area contributed by atoms with Crippen LogP contribution in [0.2, 0.25) is 0 Å². The molecule has 0 fully saturated rings. The summed E-state index contributed by atoms with van der Waals surface area (Å²) in [7, 11) is 3.52. The zero-order valence-electron chi connectivity index (χ0n) is 15.8. The third kappa shape index (κ3) is 4.13. The summed E-state index contributed by atoms with van der Waals surface area (Å²) in [4.78, 5) is 13.5. The molecule has 2 aromatic rings. The van der Waals surface area contributed by atoms with Crippen LogP contribution < -0.4 is 18.9 Å². The Morgan fingerprint density at radius 2 is 2.20 bits per heavy atom. The van der Waals surface area contributed by atoms with Crippen LogP contribution in [0.3, 0.4) is 0 Å². The molecule has 130 valence electrons. The van der Waals surface area contributed by atoms with E-state index in [9.17, 15) is 14.3 Å². The number of aromatic carboxylic acids is 1. The maximum absolute atomic E-state index is 14.4. The average Bonchev–Trinajstić information content (AvgIpc) is 2.92. The van der Waals surface area contributed by atoms with Crippen molar-refractivity contribution in [3.8, 4) is 0 Å². The van der Waals surface area contributed by atoms with Crippen LogP contribution in [0.4, 0.5) is 4.39 Å². The van der Waals surface area contributed by atoms with Gasteiger partial charge < -0.3 is 16.2 Å². The van der Waals surface area contributed by atoms with Gasteiger partial charge in [-0.05, 0) is 36.7 Å². The smallest absolute Gasteiger partial charge is 1.00 e. The van der Waals surface area contributed by atoms with Crippen LogP contribution in [-0.4, -0.2) is 46.5 Å². The van der Waals surface area contributed by atoms with Crippen LogP contribution in [0.5, 0.6) is 0 Å². The number of benzene rings is 1. The minimum absolute atomic E-state index is 0. The van der Waals surface area contributed by atoms with Crippen molar-refractivity contribution in [3.05, 3.63) is 52.1 Å². The van der Waals surface area contributed by atoms with Crippen LogP contribution in [0.1, 0.15) is 34.2 Å². The molecule has 0 radical (unpaired) electrons. The number of rotatable bonds is 5. The molecule has 1 aromatic heterocycles. The molecule has 0 amide bonds. The van der Waals surface area contributed by atoms with Crippen molar-refractivity contribution in [2.24, 2.45) is 0 Å². The first-order valence-electron chi connectivity index (χ1n) is 7.75. The maximum Gasteiger partial charge on any atom is 1.00 e. The Balaban J connectivity index is 0.00000169. The minimum atomic E-state index is -1.07. The van der Waals surface area contributed by atoms with Crippen molar-refractivity contribution >= 4 is 5.97 Å². The summed E-state index contributed by atoms with van der Waals surface area (Å²) < 4.78 is 21.0. The molecular formula is C17H21FLiN3O3. The quantitative estimate of drug-likeness (QED) is 0.708. The van der Waals surface area contributed by atoms with Gasteiger partial charge in [0.1, 0.15) is 11.4 Å². The second-order valence-corrected chi connectivity index (χ2v) is 6.10. The Morgan fingerprint density at radius 3 is 2.88 bits per heavy atom. The zero-order chi connectivity index (χ0) is 17.3. The van der Waals surface area contributed by atoms with Gasteiger partial charge in [0.25, 0.3) is 0 Å². The predicted octanol–water partition coefficient (Wildman–Crippen LogP) is -0.980. The van der Waals surface area contributed by atoms with Gasteiger partial charge in [-0.1, -0.05) is 0 Å². The number of halogens is 1. The number of nitrogens with zero attached hydrogens (tertiary/aromatic N) is 3. The molecule has 0 bridgehead atoms. The Bertz CT molecular complexity index is 785. The molecule has 1 N–H and O–H groups in total. The summed E-state index contributed by atoms with van der Waals surface area (Å²) >= 11 is 0. The summed E-state index contributed by atoms with van der Waals surface area (Å²) in [6.07, 6.45) is 2.11. The van der Waals surface area contributed by atoms with Crippen molar-refractivity contribution < 1.29 is 39.3 Å². The fourth-order valence-electron chi connectivity index (χ4n) is 3.07. The summed E-state index contributed by atoms with van der Waals surface area (Å²) in [5, 5.41) is 13.3. The van der Waals surface area contributed by atoms with E-state index < -0.39 is 5.97 Å². The molecular weight excluding hydrogens is 320 g/mol. The van der Waals surface area contributed by atoms with E-state index >= 15 is 0 Å². The molecule has 0 atom stereocenters. The summed E-state index contributed by atoms with van der Waals surface area (Å²) in [6.45, 7) is 1.99. The maximum atomic E-state index is 14.4. The van der Waals surface area contributed by atoms with Gasteiger partial charge in [0.2, 0.25) is 0 Å². The normalized spacial score (nSPS) is 14.0. The Kier molecular flexibility index (Phi) is 6.41. The second kappa shape index (κ2) is 8.15. The second-order valence-electron chi connectivity index (χ2n) is 6.10.